The van der Waals surface area contributed by atoms with Crippen LogP contribution in [0.1, 0.15) is 36.5 Å². The first kappa shape index (κ1) is 15.6. The lowest BCUT2D eigenvalue weighted by Gasteiger charge is -2.26. The second-order valence-electron chi connectivity index (χ2n) is 5.43. The predicted molar refractivity (Wildman–Crippen MR) is 81.9 cm³/mol. The maximum atomic E-state index is 12.6. The molecule has 1 unspecified atom stereocenters. The van der Waals surface area contributed by atoms with E-state index in [0.717, 1.165) is 25.8 Å². The van der Waals surface area contributed by atoms with Gasteiger partial charge in [-0.05, 0) is 37.9 Å². The minimum Gasteiger partial charge on any atom is -0.507 e. The molecule has 0 aromatic heterocycles. The van der Waals surface area contributed by atoms with Gasteiger partial charge in [-0.2, -0.15) is 0 Å². The van der Waals surface area contributed by atoms with Gasteiger partial charge in [0, 0.05) is 25.2 Å². The first-order valence-electron chi connectivity index (χ1n) is 7.55. The number of ether oxygens (including phenoxy) is 1. The number of nitrogens with one attached hydrogen (secondary N) is 1. The number of carbonyl (C=O) groups is 1. The molecule has 0 spiro atoms. The molecule has 0 bridgehead atoms. The molecule has 5 nitrogen and oxygen atoms in total. The maximum absolute atomic E-state index is 12.6. The van der Waals surface area contributed by atoms with Crippen LogP contribution < -0.4 is 10.1 Å². The van der Waals surface area contributed by atoms with Crippen LogP contribution in [0.3, 0.4) is 0 Å². The minimum absolute atomic E-state index is 0.0279. The van der Waals surface area contributed by atoms with Crippen LogP contribution in [0.15, 0.2) is 18.2 Å². The molecule has 1 fully saturated rings. The Balaban J connectivity index is 2.13. The van der Waals surface area contributed by atoms with Crippen LogP contribution in [-0.2, 0) is 0 Å². The fraction of sp³-hybridized carbons (Fsp3) is 0.562. The Bertz CT molecular complexity index is 484. The molecule has 2 N–H and O–H groups in total. The number of phenolic OH excluding ortho intramolecular Hbond substituents is 1. The summed E-state index contributed by atoms with van der Waals surface area (Å²) in [6.45, 7) is 4.46. The third kappa shape index (κ3) is 3.88. The molecule has 116 valence electrons. The molecule has 1 aliphatic heterocycles. The summed E-state index contributed by atoms with van der Waals surface area (Å²) in [7, 11) is 1.53. The highest BCUT2D eigenvalue weighted by molar-refractivity contribution is 5.97. The van der Waals surface area contributed by atoms with Gasteiger partial charge in [0.2, 0.25) is 0 Å². The summed E-state index contributed by atoms with van der Waals surface area (Å²) < 4.78 is 5.05. The summed E-state index contributed by atoms with van der Waals surface area (Å²) in [5.74, 6) is 0.397. The van der Waals surface area contributed by atoms with Gasteiger partial charge >= 0.3 is 0 Å². The smallest absolute Gasteiger partial charge is 0.257 e. The van der Waals surface area contributed by atoms with E-state index in [1.807, 2.05) is 4.90 Å². The second-order valence-corrected chi connectivity index (χ2v) is 5.43. The molecule has 1 aromatic carbocycles. The van der Waals surface area contributed by atoms with Crippen molar-refractivity contribution in [3.63, 3.8) is 0 Å². The zero-order valence-corrected chi connectivity index (χ0v) is 12.8. The van der Waals surface area contributed by atoms with E-state index in [0.29, 0.717) is 30.4 Å². The molecule has 0 aliphatic carbocycles. The van der Waals surface area contributed by atoms with Gasteiger partial charge in [0.25, 0.3) is 5.91 Å². The van der Waals surface area contributed by atoms with Gasteiger partial charge in [-0.3, -0.25) is 4.79 Å². The van der Waals surface area contributed by atoms with Crippen LogP contribution in [0.2, 0.25) is 0 Å². The van der Waals surface area contributed by atoms with E-state index in [1.165, 1.54) is 13.2 Å². The van der Waals surface area contributed by atoms with Crippen LogP contribution in [0.5, 0.6) is 11.5 Å². The molecular weight excluding hydrogens is 268 g/mol. The Morgan fingerprint density at radius 3 is 2.90 bits per heavy atom. The molecule has 1 aliphatic rings. The molecule has 5 heteroatoms. The summed E-state index contributed by atoms with van der Waals surface area (Å²) in [4.78, 5) is 14.5. The lowest BCUT2D eigenvalue weighted by atomic mass is 10.1. The van der Waals surface area contributed by atoms with E-state index in [9.17, 15) is 9.90 Å². The molecule has 1 heterocycles. The molecule has 21 heavy (non-hydrogen) atoms. The third-order valence-corrected chi connectivity index (χ3v) is 3.82. The topological polar surface area (TPSA) is 61.8 Å². The van der Waals surface area contributed by atoms with Crippen molar-refractivity contribution in [2.24, 2.45) is 0 Å². The molecule has 2 rings (SSSR count). The quantitative estimate of drug-likeness (QED) is 0.842. The van der Waals surface area contributed by atoms with Gasteiger partial charge in [-0.25, -0.2) is 0 Å². The summed E-state index contributed by atoms with van der Waals surface area (Å²) >= 11 is 0. The minimum atomic E-state index is -0.120. The average molecular weight is 292 g/mol. The van der Waals surface area contributed by atoms with Crippen LogP contribution in [0, 0.1) is 0 Å². The number of hydrogen-bond donors (Lipinski definition) is 2. The largest absolute Gasteiger partial charge is 0.507 e. The normalized spacial score (nSPS) is 17.7. The number of aromatic hydroxyl groups is 1. The second kappa shape index (κ2) is 7.31. The van der Waals surface area contributed by atoms with Crippen molar-refractivity contribution in [2.75, 3.05) is 26.7 Å². The number of methoxy groups -OCH3 is 1. The average Bonchev–Trinajstić information content (AvgIpc) is 2.99. The van der Waals surface area contributed by atoms with E-state index < -0.39 is 0 Å². The van der Waals surface area contributed by atoms with Crippen molar-refractivity contribution in [2.45, 2.75) is 32.2 Å². The highest BCUT2D eigenvalue weighted by Crippen LogP contribution is 2.25. The van der Waals surface area contributed by atoms with E-state index in [1.54, 1.807) is 12.1 Å². The Morgan fingerprint density at radius 1 is 1.52 bits per heavy atom. The molecule has 1 atom stereocenters. The summed E-state index contributed by atoms with van der Waals surface area (Å²) in [5.41, 5.74) is 0.335. The van der Waals surface area contributed by atoms with E-state index in [2.05, 4.69) is 12.2 Å². The predicted octanol–water partition coefficient (Wildman–Crippen LogP) is 2.01. The van der Waals surface area contributed by atoms with Gasteiger partial charge in [0.15, 0.2) is 0 Å². The van der Waals surface area contributed by atoms with Gasteiger partial charge < -0.3 is 20.1 Å². The fourth-order valence-corrected chi connectivity index (χ4v) is 2.71. The van der Waals surface area contributed by atoms with Gasteiger partial charge in [0.1, 0.15) is 11.5 Å². The highest BCUT2D eigenvalue weighted by atomic mass is 16.5. The highest BCUT2D eigenvalue weighted by Gasteiger charge is 2.23. The Hall–Kier alpha value is -1.75. The Labute approximate surface area is 125 Å². The summed E-state index contributed by atoms with van der Waals surface area (Å²) in [6, 6.07) is 5.16. The van der Waals surface area contributed by atoms with E-state index in [4.69, 9.17) is 4.74 Å². The molecule has 0 saturated carbocycles. The standard InChI is InChI=1S/C16H24N2O3/c1-3-9-18(11-12-5-4-8-17-12)16(20)14-7-6-13(21-2)10-15(14)19/h6-7,10,12,17,19H,3-5,8-9,11H2,1-2H3. The molecule has 1 aromatic rings. The van der Waals surface area contributed by atoms with E-state index in [-0.39, 0.29) is 11.7 Å². The van der Waals surface area contributed by atoms with Crippen LogP contribution in [-0.4, -0.2) is 48.7 Å². The first-order chi connectivity index (χ1) is 10.2. The van der Waals surface area contributed by atoms with Crippen LogP contribution in [0.25, 0.3) is 0 Å². The SMILES string of the molecule is CCCN(CC1CCCN1)C(=O)c1ccc(OC)cc1O. The molecule has 1 saturated heterocycles. The zero-order chi connectivity index (χ0) is 15.2. The van der Waals surface area contributed by atoms with Crippen molar-refractivity contribution in [3.05, 3.63) is 23.8 Å². The fourth-order valence-electron chi connectivity index (χ4n) is 2.71. The van der Waals surface area contributed by atoms with Crippen molar-refractivity contribution >= 4 is 5.91 Å². The van der Waals surface area contributed by atoms with Gasteiger partial charge in [0.05, 0.1) is 12.7 Å². The number of benzene rings is 1. The number of nitrogens with zero attached hydrogens (tertiary/aromatic N) is 1. The molecular formula is C16H24N2O3. The Morgan fingerprint density at radius 2 is 2.33 bits per heavy atom. The molecule has 0 radical (unpaired) electrons. The van der Waals surface area contributed by atoms with Crippen LogP contribution in [0.4, 0.5) is 0 Å². The maximum Gasteiger partial charge on any atom is 0.257 e. The number of phenols is 1. The number of hydrogen-bond acceptors (Lipinski definition) is 4. The number of rotatable bonds is 6. The van der Waals surface area contributed by atoms with Crippen molar-refractivity contribution in [1.82, 2.24) is 10.2 Å². The zero-order valence-electron chi connectivity index (χ0n) is 12.8. The lowest BCUT2D eigenvalue weighted by Crippen LogP contribution is -2.41. The monoisotopic (exact) mass is 292 g/mol. The third-order valence-electron chi connectivity index (χ3n) is 3.82. The van der Waals surface area contributed by atoms with Crippen molar-refractivity contribution in [1.29, 1.82) is 0 Å². The van der Waals surface area contributed by atoms with Gasteiger partial charge in [-0.1, -0.05) is 6.92 Å². The number of amides is 1. The number of carbonyl (C=O) groups excluding carboxylic acids is 1. The van der Waals surface area contributed by atoms with Crippen LogP contribution >= 0.6 is 0 Å². The van der Waals surface area contributed by atoms with Crippen molar-refractivity contribution in [3.8, 4) is 11.5 Å². The summed E-state index contributed by atoms with van der Waals surface area (Å²) in [5, 5.41) is 13.4. The first-order valence-corrected chi connectivity index (χ1v) is 7.55. The lowest BCUT2D eigenvalue weighted by molar-refractivity contribution is 0.0739. The van der Waals surface area contributed by atoms with E-state index >= 15 is 0 Å². The summed E-state index contributed by atoms with van der Waals surface area (Å²) in [6.07, 6.45) is 3.16. The van der Waals surface area contributed by atoms with Crippen molar-refractivity contribution < 1.29 is 14.6 Å². The Kier molecular flexibility index (Phi) is 5.44. The molecule has 1 amide bonds. The van der Waals surface area contributed by atoms with Gasteiger partial charge in [-0.15, -0.1) is 0 Å².